The summed E-state index contributed by atoms with van der Waals surface area (Å²) in [5.41, 5.74) is 4.14. The molecule has 1 nitrogen and oxygen atoms in total. The number of terminal acetylenes is 1. The molecule has 118 valence electrons. The van der Waals surface area contributed by atoms with E-state index >= 15 is 0 Å². The monoisotopic (exact) mass is 296 g/mol. The van der Waals surface area contributed by atoms with Crippen LogP contribution in [-0.2, 0) is 4.79 Å². The lowest BCUT2D eigenvalue weighted by molar-refractivity contribution is -0.115. The van der Waals surface area contributed by atoms with Gasteiger partial charge in [0.1, 0.15) is 0 Å². The van der Waals surface area contributed by atoms with Crippen LogP contribution in [0.5, 0.6) is 0 Å². The van der Waals surface area contributed by atoms with E-state index in [-0.39, 0.29) is 17.6 Å². The molecule has 0 heterocycles. The van der Waals surface area contributed by atoms with Crippen molar-refractivity contribution in [1.29, 1.82) is 0 Å². The number of ketones is 1. The Labute approximate surface area is 135 Å². The summed E-state index contributed by atoms with van der Waals surface area (Å²) in [6.07, 6.45) is 18.2. The maximum Gasteiger partial charge on any atom is 0.156 e. The summed E-state index contributed by atoms with van der Waals surface area (Å²) in [6.45, 7) is 9.51. The third kappa shape index (κ3) is 5.92. The second-order valence-corrected chi connectivity index (χ2v) is 6.18. The third-order valence-electron chi connectivity index (χ3n) is 4.67. The summed E-state index contributed by atoms with van der Waals surface area (Å²) in [4.78, 5) is 12.2. The van der Waals surface area contributed by atoms with Crippen LogP contribution in [0, 0.1) is 30.1 Å². The Morgan fingerprint density at radius 2 is 2.05 bits per heavy atom. The van der Waals surface area contributed by atoms with E-state index in [0.29, 0.717) is 18.8 Å². The van der Waals surface area contributed by atoms with Crippen molar-refractivity contribution in [3.05, 3.63) is 42.7 Å². The van der Waals surface area contributed by atoms with Gasteiger partial charge in [0, 0.05) is 12.3 Å². The first-order valence-electron chi connectivity index (χ1n) is 8.27. The van der Waals surface area contributed by atoms with Crippen LogP contribution >= 0.6 is 0 Å². The van der Waals surface area contributed by atoms with Gasteiger partial charge in [-0.2, -0.15) is 0 Å². The smallest absolute Gasteiger partial charge is 0.156 e. The zero-order valence-electron chi connectivity index (χ0n) is 13.8. The zero-order chi connectivity index (χ0) is 16.4. The van der Waals surface area contributed by atoms with Gasteiger partial charge in [-0.1, -0.05) is 43.9 Å². The standard InChI is InChI=1S/C21H28O/c1-5-17(4)21(19-13-9-8-10-14-19)16-20(22)15-11-12-18(6-2)7-3/h2,7,11,15,18-19,21H,1,3,8-10,12-14,16H2,4H3/b15-11-/t18?,21-/m1/s1. The normalized spacial score (nSPS) is 18.2. The topological polar surface area (TPSA) is 17.1 Å². The Bertz CT molecular complexity index is 490. The first-order valence-corrected chi connectivity index (χ1v) is 8.27. The van der Waals surface area contributed by atoms with E-state index in [4.69, 9.17) is 6.42 Å². The predicted octanol–water partition coefficient (Wildman–Crippen LogP) is 5.26. The predicted molar refractivity (Wildman–Crippen MR) is 94.3 cm³/mol. The van der Waals surface area contributed by atoms with Gasteiger partial charge in [0.05, 0.1) is 0 Å². The fourth-order valence-corrected chi connectivity index (χ4v) is 3.20. The molecule has 1 saturated carbocycles. The number of hydrogen-bond acceptors (Lipinski definition) is 1. The highest BCUT2D eigenvalue weighted by molar-refractivity contribution is 5.90. The molecule has 0 amide bonds. The van der Waals surface area contributed by atoms with Gasteiger partial charge in [0.2, 0.25) is 0 Å². The van der Waals surface area contributed by atoms with Crippen molar-refractivity contribution in [2.24, 2.45) is 17.8 Å². The molecule has 1 heteroatoms. The first kappa shape index (κ1) is 18.3. The van der Waals surface area contributed by atoms with Gasteiger partial charge in [-0.05, 0) is 49.7 Å². The minimum atomic E-state index is 0.00741. The minimum absolute atomic E-state index is 0.00741. The van der Waals surface area contributed by atoms with Crippen molar-refractivity contribution in [3.8, 4) is 12.3 Å². The van der Waals surface area contributed by atoms with E-state index < -0.39 is 0 Å². The van der Waals surface area contributed by atoms with E-state index in [1.54, 1.807) is 12.2 Å². The average Bonchev–Trinajstić information content (AvgIpc) is 2.56. The average molecular weight is 296 g/mol. The molecule has 0 N–H and O–H groups in total. The highest BCUT2D eigenvalue weighted by Gasteiger charge is 2.26. The number of carbonyl (C=O) groups excluding carboxylic acids is 1. The van der Waals surface area contributed by atoms with Gasteiger partial charge < -0.3 is 0 Å². The summed E-state index contributed by atoms with van der Waals surface area (Å²) >= 11 is 0. The molecular weight excluding hydrogens is 268 g/mol. The molecule has 0 saturated heterocycles. The summed E-state index contributed by atoms with van der Waals surface area (Å²) in [5.74, 6) is 3.71. The molecule has 0 radical (unpaired) electrons. The fourth-order valence-electron chi connectivity index (χ4n) is 3.20. The lowest BCUT2D eigenvalue weighted by atomic mass is 9.75. The molecule has 0 aliphatic heterocycles. The lowest BCUT2D eigenvalue weighted by Crippen LogP contribution is -2.21. The summed E-state index contributed by atoms with van der Waals surface area (Å²) < 4.78 is 0. The molecule has 22 heavy (non-hydrogen) atoms. The van der Waals surface area contributed by atoms with Crippen molar-refractivity contribution in [2.45, 2.75) is 51.9 Å². The summed E-state index contributed by atoms with van der Waals surface area (Å²) in [7, 11) is 0. The molecule has 1 fully saturated rings. The number of hydrogen-bond donors (Lipinski definition) is 0. The van der Waals surface area contributed by atoms with Crippen LogP contribution in [0.25, 0.3) is 0 Å². The van der Waals surface area contributed by atoms with E-state index in [1.165, 1.54) is 32.1 Å². The highest BCUT2D eigenvalue weighted by Crippen LogP contribution is 2.35. The molecule has 1 rings (SSSR count). The Morgan fingerprint density at radius 1 is 1.36 bits per heavy atom. The third-order valence-corrected chi connectivity index (χ3v) is 4.67. The van der Waals surface area contributed by atoms with Crippen LogP contribution in [-0.4, -0.2) is 5.78 Å². The summed E-state index contributed by atoms with van der Waals surface area (Å²) in [5, 5.41) is 0. The van der Waals surface area contributed by atoms with Crippen molar-refractivity contribution in [3.63, 3.8) is 0 Å². The van der Waals surface area contributed by atoms with Crippen LogP contribution < -0.4 is 0 Å². The molecule has 0 spiro atoms. The van der Waals surface area contributed by atoms with Crippen LogP contribution in [0.2, 0.25) is 0 Å². The van der Waals surface area contributed by atoms with E-state index in [9.17, 15) is 4.79 Å². The Balaban J connectivity index is 2.63. The van der Waals surface area contributed by atoms with Crippen molar-refractivity contribution < 1.29 is 4.79 Å². The van der Waals surface area contributed by atoms with Crippen molar-refractivity contribution in [2.75, 3.05) is 0 Å². The minimum Gasteiger partial charge on any atom is -0.295 e. The second-order valence-electron chi connectivity index (χ2n) is 6.18. The molecule has 0 aromatic heterocycles. The maximum absolute atomic E-state index is 12.2. The van der Waals surface area contributed by atoms with Gasteiger partial charge in [-0.3, -0.25) is 4.79 Å². The van der Waals surface area contributed by atoms with Crippen molar-refractivity contribution in [1.82, 2.24) is 0 Å². The van der Waals surface area contributed by atoms with Gasteiger partial charge in [-0.15, -0.1) is 18.7 Å². The quantitative estimate of drug-likeness (QED) is 0.258. The second kappa shape index (κ2) is 10.0. The maximum atomic E-state index is 12.2. The van der Waals surface area contributed by atoms with Gasteiger partial charge in [0.15, 0.2) is 5.78 Å². The largest absolute Gasteiger partial charge is 0.295 e. The SMILES string of the molecule is C#CC(C=C)C/C=C\C(=O)C[C@H](C(C)=C=C)C1CCCCC1. The molecule has 2 atom stereocenters. The highest BCUT2D eigenvalue weighted by atomic mass is 16.1. The Kier molecular flexibility index (Phi) is 8.34. The van der Waals surface area contributed by atoms with E-state index in [1.807, 2.05) is 6.08 Å². The van der Waals surface area contributed by atoms with Gasteiger partial charge in [0.25, 0.3) is 0 Å². The molecule has 1 unspecified atom stereocenters. The van der Waals surface area contributed by atoms with Gasteiger partial charge in [-0.25, -0.2) is 0 Å². The van der Waals surface area contributed by atoms with Gasteiger partial charge >= 0.3 is 0 Å². The Hall–Kier alpha value is -1.77. The molecule has 0 aromatic rings. The van der Waals surface area contributed by atoms with Crippen LogP contribution in [0.15, 0.2) is 42.7 Å². The number of rotatable bonds is 8. The number of allylic oxidation sites excluding steroid dienone is 4. The fraction of sp³-hybridized carbons (Fsp3) is 0.524. The van der Waals surface area contributed by atoms with E-state index in [2.05, 4.69) is 31.7 Å². The Morgan fingerprint density at radius 3 is 2.59 bits per heavy atom. The molecule has 0 bridgehead atoms. The molecule has 1 aliphatic rings. The zero-order valence-corrected chi connectivity index (χ0v) is 13.8. The first-order chi connectivity index (χ1) is 10.6. The van der Waals surface area contributed by atoms with Crippen molar-refractivity contribution >= 4 is 5.78 Å². The molecular formula is C21H28O. The summed E-state index contributed by atoms with van der Waals surface area (Å²) in [6, 6.07) is 0. The van der Waals surface area contributed by atoms with Crippen LogP contribution in [0.1, 0.15) is 51.9 Å². The van der Waals surface area contributed by atoms with Crippen LogP contribution in [0.3, 0.4) is 0 Å². The number of carbonyl (C=O) groups is 1. The molecule has 1 aliphatic carbocycles. The molecule has 0 aromatic carbocycles. The van der Waals surface area contributed by atoms with Crippen LogP contribution in [0.4, 0.5) is 0 Å². The lowest BCUT2D eigenvalue weighted by Gasteiger charge is -2.29. The van der Waals surface area contributed by atoms with E-state index in [0.717, 1.165) is 5.57 Å².